The van der Waals surface area contributed by atoms with Crippen molar-refractivity contribution in [3.63, 3.8) is 0 Å². The average molecular weight is 195 g/mol. The second-order valence-corrected chi connectivity index (χ2v) is 5.19. The molecule has 0 amide bonds. The summed E-state index contributed by atoms with van der Waals surface area (Å²) in [5, 5.41) is 0.874. The molecule has 70 valence electrons. The number of halogens is 1. The molecule has 0 fully saturated rings. The lowest BCUT2D eigenvalue weighted by atomic mass is 9.74. The van der Waals surface area contributed by atoms with Crippen LogP contribution in [0.15, 0.2) is 18.2 Å². The molecule has 0 spiro atoms. The highest BCUT2D eigenvalue weighted by atomic mass is 35.5. The summed E-state index contributed by atoms with van der Waals surface area (Å²) in [6, 6.07) is 6.30. The Balaban J connectivity index is 2.37. The number of hydrogen-bond donors (Lipinski definition) is 0. The van der Waals surface area contributed by atoms with E-state index in [4.69, 9.17) is 11.6 Å². The van der Waals surface area contributed by atoms with E-state index in [2.05, 4.69) is 26.0 Å². The lowest BCUT2D eigenvalue weighted by Crippen LogP contribution is -2.21. The largest absolute Gasteiger partial charge is 0.0843 e. The van der Waals surface area contributed by atoms with Gasteiger partial charge in [0.25, 0.3) is 0 Å². The Morgan fingerprint density at radius 2 is 2.00 bits per heavy atom. The zero-order chi connectivity index (χ0) is 9.47. The van der Waals surface area contributed by atoms with E-state index in [9.17, 15) is 0 Å². The van der Waals surface area contributed by atoms with Crippen LogP contribution in [0.4, 0.5) is 0 Å². The summed E-state index contributed by atoms with van der Waals surface area (Å²) in [7, 11) is 0. The maximum absolute atomic E-state index is 5.95. The molecule has 1 heteroatoms. The van der Waals surface area contributed by atoms with Gasteiger partial charge in [0, 0.05) is 5.02 Å². The molecule has 0 aromatic heterocycles. The number of aryl methyl sites for hydroxylation is 1. The predicted molar refractivity (Wildman–Crippen MR) is 57.3 cm³/mol. The molecular formula is C12H15Cl. The summed E-state index contributed by atoms with van der Waals surface area (Å²) in [5.41, 5.74) is 3.41. The lowest BCUT2D eigenvalue weighted by Gasteiger charge is -2.31. The summed E-state index contributed by atoms with van der Waals surface area (Å²) in [4.78, 5) is 0. The summed E-state index contributed by atoms with van der Waals surface area (Å²) >= 11 is 5.95. The normalized spacial score (nSPS) is 19.6. The average Bonchev–Trinajstić information content (AvgIpc) is 2.05. The van der Waals surface area contributed by atoms with Gasteiger partial charge >= 0.3 is 0 Å². The van der Waals surface area contributed by atoms with Gasteiger partial charge in [0.05, 0.1) is 0 Å². The van der Waals surface area contributed by atoms with Crippen LogP contribution in [0, 0.1) is 5.41 Å². The third-order valence-electron chi connectivity index (χ3n) is 2.91. The number of rotatable bonds is 0. The fourth-order valence-electron chi connectivity index (χ4n) is 2.08. The van der Waals surface area contributed by atoms with Crippen molar-refractivity contribution in [3.05, 3.63) is 34.3 Å². The van der Waals surface area contributed by atoms with Crippen molar-refractivity contribution in [1.29, 1.82) is 0 Å². The highest BCUT2D eigenvalue weighted by Gasteiger charge is 2.24. The molecule has 1 aliphatic rings. The van der Waals surface area contributed by atoms with Gasteiger partial charge < -0.3 is 0 Å². The van der Waals surface area contributed by atoms with Crippen LogP contribution in [0.5, 0.6) is 0 Å². The molecule has 0 bridgehead atoms. The Kier molecular flexibility index (Phi) is 2.11. The van der Waals surface area contributed by atoms with E-state index in [1.807, 2.05) is 6.07 Å². The SMILES string of the molecule is CC1(C)CCc2cc(Cl)ccc2C1. The van der Waals surface area contributed by atoms with Gasteiger partial charge in [-0.1, -0.05) is 31.5 Å². The lowest BCUT2D eigenvalue weighted by molar-refractivity contribution is 0.315. The maximum Gasteiger partial charge on any atom is 0.0408 e. The molecule has 0 saturated carbocycles. The third kappa shape index (κ3) is 1.88. The first-order valence-corrected chi connectivity index (χ1v) is 5.22. The molecule has 1 aromatic carbocycles. The Morgan fingerprint density at radius 1 is 1.23 bits per heavy atom. The molecule has 0 saturated heterocycles. The van der Waals surface area contributed by atoms with Crippen molar-refractivity contribution in [2.45, 2.75) is 33.1 Å². The smallest absolute Gasteiger partial charge is 0.0408 e. The monoisotopic (exact) mass is 194 g/mol. The summed E-state index contributed by atoms with van der Waals surface area (Å²) in [6.07, 6.45) is 3.66. The van der Waals surface area contributed by atoms with Crippen LogP contribution in [-0.2, 0) is 12.8 Å². The second kappa shape index (κ2) is 3.02. The van der Waals surface area contributed by atoms with Crippen molar-refractivity contribution in [2.75, 3.05) is 0 Å². The van der Waals surface area contributed by atoms with Gasteiger partial charge in [0.15, 0.2) is 0 Å². The summed E-state index contributed by atoms with van der Waals surface area (Å²) in [5.74, 6) is 0. The highest BCUT2D eigenvalue weighted by Crippen LogP contribution is 2.35. The van der Waals surface area contributed by atoms with Gasteiger partial charge in [-0.2, -0.15) is 0 Å². The number of benzene rings is 1. The highest BCUT2D eigenvalue weighted by molar-refractivity contribution is 6.30. The summed E-state index contributed by atoms with van der Waals surface area (Å²) < 4.78 is 0. The predicted octanol–water partition coefficient (Wildman–Crippen LogP) is 3.85. The van der Waals surface area contributed by atoms with Gasteiger partial charge in [-0.25, -0.2) is 0 Å². The van der Waals surface area contributed by atoms with E-state index in [0.29, 0.717) is 5.41 Å². The van der Waals surface area contributed by atoms with Crippen LogP contribution >= 0.6 is 11.6 Å². The van der Waals surface area contributed by atoms with Gasteiger partial charge in [-0.05, 0) is 47.9 Å². The van der Waals surface area contributed by atoms with Crippen LogP contribution in [0.25, 0.3) is 0 Å². The van der Waals surface area contributed by atoms with Gasteiger partial charge in [0.2, 0.25) is 0 Å². The van der Waals surface area contributed by atoms with Crippen LogP contribution in [0.1, 0.15) is 31.4 Å². The minimum absolute atomic E-state index is 0.473. The third-order valence-corrected chi connectivity index (χ3v) is 3.14. The molecule has 0 heterocycles. The Bertz CT molecular complexity index is 326. The van der Waals surface area contributed by atoms with Crippen LogP contribution in [-0.4, -0.2) is 0 Å². The topological polar surface area (TPSA) is 0 Å². The Labute approximate surface area is 84.9 Å². The minimum atomic E-state index is 0.473. The quantitative estimate of drug-likeness (QED) is 0.589. The molecule has 0 unspecified atom stereocenters. The second-order valence-electron chi connectivity index (χ2n) is 4.75. The van der Waals surface area contributed by atoms with Crippen LogP contribution in [0.3, 0.4) is 0 Å². The molecule has 0 N–H and O–H groups in total. The van der Waals surface area contributed by atoms with Crippen molar-refractivity contribution in [2.24, 2.45) is 5.41 Å². The van der Waals surface area contributed by atoms with Crippen LogP contribution in [0.2, 0.25) is 5.02 Å². The van der Waals surface area contributed by atoms with Crippen molar-refractivity contribution in [1.82, 2.24) is 0 Å². The molecule has 2 rings (SSSR count). The van der Waals surface area contributed by atoms with Crippen molar-refractivity contribution < 1.29 is 0 Å². The molecule has 1 aliphatic carbocycles. The zero-order valence-corrected chi connectivity index (χ0v) is 8.99. The first kappa shape index (κ1) is 9.08. The van der Waals surface area contributed by atoms with Gasteiger partial charge in [-0.15, -0.1) is 0 Å². The Hall–Kier alpha value is -0.490. The maximum atomic E-state index is 5.95. The van der Waals surface area contributed by atoms with E-state index in [-0.39, 0.29) is 0 Å². The summed E-state index contributed by atoms with van der Waals surface area (Å²) in [6.45, 7) is 4.68. The zero-order valence-electron chi connectivity index (χ0n) is 8.23. The molecule has 1 aromatic rings. The van der Waals surface area contributed by atoms with Gasteiger partial charge in [0.1, 0.15) is 0 Å². The van der Waals surface area contributed by atoms with E-state index in [0.717, 1.165) is 5.02 Å². The van der Waals surface area contributed by atoms with Gasteiger partial charge in [-0.3, -0.25) is 0 Å². The molecule has 13 heavy (non-hydrogen) atoms. The molecular weight excluding hydrogens is 180 g/mol. The molecule has 0 atom stereocenters. The van der Waals surface area contributed by atoms with Crippen molar-refractivity contribution >= 4 is 11.6 Å². The first-order chi connectivity index (χ1) is 6.07. The Morgan fingerprint density at radius 3 is 2.77 bits per heavy atom. The fourth-order valence-corrected chi connectivity index (χ4v) is 2.27. The van der Waals surface area contributed by atoms with E-state index < -0.39 is 0 Å². The number of hydrogen-bond acceptors (Lipinski definition) is 0. The molecule has 0 aliphatic heterocycles. The van der Waals surface area contributed by atoms with E-state index in [1.165, 1.54) is 30.4 Å². The van der Waals surface area contributed by atoms with Crippen LogP contribution < -0.4 is 0 Å². The minimum Gasteiger partial charge on any atom is -0.0843 e. The molecule has 0 radical (unpaired) electrons. The van der Waals surface area contributed by atoms with E-state index >= 15 is 0 Å². The van der Waals surface area contributed by atoms with Crippen molar-refractivity contribution in [3.8, 4) is 0 Å². The number of fused-ring (bicyclic) bond motifs is 1. The standard InChI is InChI=1S/C12H15Cl/c1-12(2)6-5-9-7-11(13)4-3-10(9)8-12/h3-4,7H,5-6,8H2,1-2H3. The molecule has 0 nitrogen and oxygen atoms in total. The van der Waals surface area contributed by atoms with E-state index in [1.54, 1.807) is 0 Å². The first-order valence-electron chi connectivity index (χ1n) is 4.84. The fraction of sp³-hybridized carbons (Fsp3) is 0.500.